The summed E-state index contributed by atoms with van der Waals surface area (Å²) in [4.78, 5) is 61.8. The molecule has 296 valence electrons. The van der Waals surface area contributed by atoms with Crippen LogP contribution in [0.2, 0.25) is 0 Å². The van der Waals surface area contributed by atoms with Crippen LogP contribution in [-0.2, 0) is 34.0 Å². The van der Waals surface area contributed by atoms with Crippen LogP contribution in [0.15, 0.2) is 72.8 Å². The molecule has 1 aliphatic carbocycles. The summed E-state index contributed by atoms with van der Waals surface area (Å²) >= 11 is 0. The molecule has 0 spiro atoms. The molecule has 0 saturated carbocycles. The molecule has 0 fully saturated rings. The lowest BCUT2D eigenvalue weighted by Gasteiger charge is -2.21. The van der Waals surface area contributed by atoms with Crippen molar-refractivity contribution in [3.8, 4) is 11.1 Å². The summed E-state index contributed by atoms with van der Waals surface area (Å²) < 4.78 is 16.4. The second-order valence-corrected chi connectivity index (χ2v) is 14.2. The molecule has 6 N–H and O–H groups in total. The van der Waals surface area contributed by atoms with E-state index >= 15 is 0 Å². The molecule has 4 amide bonds. The predicted octanol–water partition coefficient (Wildman–Crippen LogP) is 3.50. The van der Waals surface area contributed by atoms with Gasteiger partial charge in [0.2, 0.25) is 11.8 Å². The molecular weight excluding hydrogens is 708 g/mol. The van der Waals surface area contributed by atoms with Gasteiger partial charge in [0.1, 0.15) is 25.3 Å². The van der Waals surface area contributed by atoms with Crippen molar-refractivity contribution >= 4 is 29.8 Å². The van der Waals surface area contributed by atoms with Gasteiger partial charge in [-0.15, -0.1) is 0 Å². The van der Waals surface area contributed by atoms with E-state index in [0.29, 0.717) is 18.4 Å². The molecule has 0 unspecified atom stereocenters. The summed E-state index contributed by atoms with van der Waals surface area (Å²) in [7, 11) is 0. The van der Waals surface area contributed by atoms with E-state index in [0.717, 1.165) is 27.8 Å². The smallest absolute Gasteiger partial charge is 0.407 e. The van der Waals surface area contributed by atoms with Crippen molar-refractivity contribution in [1.29, 1.82) is 0 Å². The van der Waals surface area contributed by atoms with Gasteiger partial charge in [0.15, 0.2) is 0 Å². The monoisotopic (exact) mass is 760 g/mol. The zero-order valence-electron chi connectivity index (χ0n) is 31.6. The molecule has 0 bridgehead atoms. The molecule has 0 saturated heterocycles. The SMILES string of the molecule is CC(C)(C)c1ccc(C(=O)NCCOCCOCC(=O)N[C@@H](CCCCNC(=O)OCC2c3ccccc3-c3ccccc32)C(=O)N[C@@H](CO)C(=O)O)cc1. The zero-order chi connectivity index (χ0) is 39.8. The number of unbranched alkanes of at least 4 members (excludes halogenated alkanes) is 1. The van der Waals surface area contributed by atoms with E-state index in [9.17, 15) is 34.2 Å². The number of aliphatic hydroxyl groups excluding tert-OH is 1. The van der Waals surface area contributed by atoms with Crippen molar-refractivity contribution in [2.75, 3.05) is 52.7 Å². The van der Waals surface area contributed by atoms with E-state index < -0.39 is 42.6 Å². The van der Waals surface area contributed by atoms with Gasteiger partial charge in [-0.25, -0.2) is 9.59 Å². The quantitative estimate of drug-likeness (QED) is 0.0874. The first kappa shape index (κ1) is 42.4. The third-order valence-electron chi connectivity index (χ3n) is 9.13. The number of hydrogen-bond donors (Lipinski definition) is 6. The van der Waals surface area contributed by atoms with Crippen molar-refractivity contribution < 1.29 is 48.4 Å². The van der Waals surface area contributed by atoms with Crippen LogP contribution in [0.4, 0.5) is 4.79 Å². The molecule has 3 aromatic carbocycles. The van der Waals surface area contributed by atoms with Crippen LogP contribution >= 0.6 is 0 Å². The number of carbonyl (C=O) groups is 5. The topological polar surface area (TPSA) is 202 Å². The standard InChI is InChI=1S/C41H52N4O10/c1-41(2,3)28-17-15-27(16-18-28)37(48)42-20-21-53-22-23-54-26-36(47)44-34(38(49)45-35(24-46)39(50)51)14-8-9-19-43-40(52)55-25-33-31-12-6-4-10-29(31)30-11-5-7-13-32(30)33/h4-7,10-13,15-18,33-35,46H,8-9,14,19-26H2,1-3H3,(H,42,48)(H,43,52)(H,44,47)(H,45,49)(H,50,51)/t34-,35-/m0/s1. The number of hydrogen-bond acceptors (Lipinski definition) is 9. The number of ether oxygens (including phenoxy) is 3. The van der Waals surface area contributed by atoms with Gasteiger partial charge in [-0.2, -0.15) is 0 Å². The summed E-state index contributed by atoms with van der Waals surface area (Å²) in [6.07, 6.45) is 0.359. The predicted molar refractivity (Wildman–Crippen MR) is 205 cm³/mol. The molecule has 3 aromatic rings. The Balaban J connectivity index is 1.13. The maximum atomic E-state index is 12.9. The molecule has 55 heavy (non-hydrogen) atoms. The first-order chi connectivity index (χ1) is 26.4. The highest BCUT2D eigenvalue weighted by Crippen LogP contribution is 2.44. The van der Waals surface area contributed by atoms with Crippen molar-refractivity contribution in [3.63, 3.8) is 0 Å². The molecule has 0 aliphatic heterocycles. The van der Waals surface area contributed by atoms with Crippen LogP contribution < -0.4 is 21.3 Å². The number of benzene rings is 3. The van der Waals surface area contributed by atoms with Crippen LogP contribution in [-0.4, -0.2) is 105 Å². The van der Waals surface area contributed by atoms with Crippen LogP contribution in [0.1, 0.15) is 73.0 Å². The molecule has 0 aromatic heterocycles. The third kappa shape index (κ3) is 12.9. The fraction of sp³-hybridized carbons (Fsp3) is 0.439. The van der Waals surface area contributed by atoms with Crippen molar-refractivity contribution in [2.45, 2.75) is 63.5 Å². The molecule has 2 atom stereocenters. The summed E-state index contributed by atoms with van der Waals surface area (Å²) in [6.45, 7) is 6.23. The number of carboxylic acids is 1. The Morgan fingerprint density at radius 3 is 2.00 bits per heavy atom. The van der Waals surface area contributed by atoms with E-state index in [4.69, 9.17) is 14.2 Å². The van der Waals surface area contributed by atoms with E-state index in [1.54, 1.807) is 12.1 Å². The number of aliphatic hydroxyl groups is 1. The first-order valence-corrected chi connectivity index (χ1v) is 18.5. The van der Waals surface area contributed by atoms with Crippen LogP contribution in [0, 0.1) is 0 Å². The largest absolute Gasteiger partial charge is 0.480 e. The lowest BCUT2D eigenvalue weighted by atomic mass is 9.87. The van der Waals surface area contributed by atoms with Gasteiger partial charge in [0.05, 0.1) is 26.4 Å². The second-order valence-electron chi connectivity index (χ2n) is 14.2. The Bertz CT molecular complexity index is 1710. The summed E-state index contributed by atoms with van der Waals surface area (Å²) in [6, 6.07) is 20.8. The second kappa shape index (κ2) is 21.0. The number of fused-ring (bicyclic) bond motifs is 3. The van der Waals surface area contributed by atoms with Gasteiger partial charge in [-0.05, 0) is 64.6 Å². The van der Waals surface area contributed by atoms with Crippen LogP contribution in [0.3, 0.4) is 0 Å². The van der Waals surface area contributed by atoms with Crippen molar-refractivity contribution in [2.24, 2.45) is 0 Å². The van der Waals surface area contributed by atoms with E-state index in [-0.39, 0.29) is 69.8 Å². The van der Waals surface area contributed by atoms with Crippen LogP contribution in [0.5, 0.6) is 0 Å². The number of amides is 4. The Morgan fingerprint density at radius 1 is 0.745 bits per heavy atom. The highest BCUT2D eigenvalue weighted by Gasteiger charge is 2.29. The van der Waals surface area contributed by atoms with Gasteiger partial charge >= 0.3 is 12.1 Å². The Labute approximate surface area is 321 Å². The van der Waals surface area contributed by atoms with Gasteiger partial charge in [-0.1, -0.05) is 81.4 Å². The highest BCUT2D eigenvalue weighted by molar-refractivity contribution is 5.94. The number of carboxylic acid groups (broad SMARTS) is 1. The minimum atomic E-state index is -1.55. The average Bonchev–Trinajstić information content (AvgIpc) is 3.49. The normalized spacial score (nSPS) is 13.2. The molecule has 0 heterocycles. The minimum absolute atomic E-state index is 0.00925. The molecule has 0 radical (unpaired) electrons. The molecule has 1 aliphatic rings. The van der Waals surface area contributed by atoms with Crippen molar-refractivity contribution in [3.05, 3.63) is 95.1 Å². The number of rotatable bonds is 21. The number of carbonyl (C=O) groups excluding carboxylic acids is 4. The summed E-state index contributed by atoms with van der Waals surface area (Å²) in [5.74, 6) is -3.11. The molecule has 14 nitrogen and oxygen atoms in total. The Morgan fingerprint density at radius 2 is 1.38 bits per heavy atom. The lowest BCUT2D eigenvalue weighted by Crippen LogP contribution is -2.53. The van der Waals surface area contributed by atoms with E-state index in [2.05, 4.69) is 54.2 Å². The molecule has 4 rings (SSSR count). The molecule has 14 heteroatoms. The third-order valence-corrected chi connectivity index (χ3v) is 9.13. The Hall–Kier alpha value is -5.31. The first-order valence-electron chi connectivity index (χ1n) is 18.5. The average molecular weight is 761 g/mol. The summed E-state index contributed by atoms with van der Waals surface area (Å²) in [5.41, 5.74) is 6.12. The zero-order valence-corrected chi connectivity index (χ0v) is 31.6. The lowest BCUT2D eigenvalue weighted by molar-refractivity contribution is -0.143. The minimum Gasteiger partial charge on any atom is -0.480 e. The van der Waals surface area contributed by atoms with Gasteiger partial charge in [0, 0.05) is 24.6 Å². The highest BCUT2D eigenvalue weighted by atomic mass is 16.5. The summed E-state index contributed by atoms with van der Waals surface area (Å²) in [5, 5.41) is 28.9. The number of aliphatic carboxylic acids is 1. The molecular formula is C41H52N4O10. The Kier molecular flexibility index (Phi) is 16.2. The fourth-order valence-corrected chi connectivity index (χ4v) is 6.12. The van der Waals surface area contributed by atoms with E-state index in [1.165, 1.54) is 0 Å². The van der Waals surface area contributed by atoms with Crippen molar-refractivity contribution in [1.82, 2.24) is 21.3 Å². The number of alkyl carbamates (subject to hydrolysis) is 1. The maximum Gasteiger partial charge on any atom is 0.407 e. The maximum absolute atomic E-state index is 12.9. The fourth-order valence-electron chi connectivity index (χ4n) is 6.12. The van der Waals surface area contributed by atoms with Gasteiger partial charge < -0.3 is 45.7 Å². The van der Waals surface area contributed by atoms with Crippen LogP contribution in [0.25, 0.3) is 11.1 Å². The van der Waals surface area contributed by atoms with Gasteiger partial charge in [0.25, 0.3) is 5.91 Å². The number of nitrogens with one attached hydrogen (secondary N) is 4. The van der Waals surface area contributed by atoms with Gasteiger partial charge in [-0.3, -0.25) is 14.4 Å². The van der Waals surface area contributed by atoms with E-state index in [1.807, 2.05) is 48.5 Å².